The standard InChI is InChI=1S/C16H19NO4/c18-8-11(9-4-2-1-3-5-9)16(19)20-10-6-12-14-15(21-14)13(7-10)17-12/h1-5,10-15,17-18H,6-8H2/t10?,11?,12-,13+,14-,15+. The summed E-state index contributed by atoms with van der Waals surface area (Å²) in [6, 6.07) is 9.93. The highest BCUT2D eigenvalue weighted by Gasteiger charge is 2.59. The number of esters is 1. The minimum atomic E-state index is -0.593. The second-order valence-electron chi connectivity index (χ2n) is 6.12. The molecule has 0 spiro atoms. The maximum atomic E-state index is 12.3. The lowest BCUT2D eigenvalue weighted by molar-refractivity contribution is -0.154. The van der Waals surface area contributed by atoms with E-state index in [0.717, 1.165) is 18.4 Å². The van der Waals surface area contributed by atoms with Gasteiger partial charge < -0.3 is 19.9 Å². The minimum Gasteiger partial charge on any atom is -0.462 e. The second-order valence-corrected chi connectivity index (χ2v) is 6.12. The second kappa shape index (κ2) is 5.09. The molecule has 3 aliphatic heterocycles. The third kappa shape index (κ3) is 2.35. The zero-order chi connectivity index (χ0) is 14.4. The van der Waals surface area contributed by atoms with Crippen LogP contribution in [0.15, 0.2) is 30.3 Å². The lowest BCUT2D eigenvalue weighted by Gasteiger charge is -2.31. The largest absolute Gasteiger partial charge is 0.462 e. The van der Waals surface area contributed by atoms with Gasteiger partial charge in [0.05, 0.1) is 6.61 Å². The summed E-state index contributed by atoms with van der Waals surface area (Å²) in [5.74, 6) is -0.922. The number of hydrogen-bond acceptors (Lipinski definition) is 5. The molecule has 6 atom stereocenters. The maximum absolute atomic E-state index is 12.3. The summed E-state index contributed by atoms with van der Waals surface area (Å²) < 4.78 is 11.2. The van der Waals surface area contributed by atoms with Crippen LogP contribution in [0.1, 0.15) is 24.3 Å². The van der Waals surface area contributed by atoms with Crippen LogP contribution in [0, 0.1) is 0 Å². The number of epoxide rings is 1. The molecule has 4 rings (SSSR count). The molecule has 2 unspecified atom stereocenters. The Morgan fingerprint density at radius 2 is 1.95 bits per heavy atom. The number of carbonyl (C=O) groups excluding carboxylic acids is 1. The van der Waals surface area contributed by atoms with Crippen LogP contribution >= 0.6 is 0 Å². The molecule has 0 radical (unpaired) electrons. The van der Waals surface area contributed by atoms with E-state index in [4.69, 9.17) is 9.47 Å². The number of piperidine rings is 1. The van der Waals surface area contributed by atoms with Crippen molar-refractivity contribution in [2.45, 2.75) is 49.2 Å². The molecule has 3 fully saturated rings. The van der Waals surface area contributed by atoms with E-state index >= 15 is 0 Å². The average Bonchev–Trinajstić information content (AvgIpc) is 3.25. The molecule has 3 saturated heterocycles. The Morgan fingerprint density at radius 3 is 2.57 bits per heavy atom. The molecule has 21 heavy (non-hydrogen) atoms. The van der Waals surface area contributed by atoms with Crippen LogP contribution in [0.2, 0.25) is 0 Å². The van der Waals surface area contributed by atoms with Crippen molar-refractivity contribution in [1.29, 1.82) is 0 Å². The van der Waals surface area contributed by atoms with E-state index in [-0.39, 0.29) is 18.7 Å². The van der Waals surface area contributed by atoms with Crippen LogP contribution < -0.4 is 5.32 Å². The normalized spacial score (nSPS) is 37.7. The van der Waals surface area contributed by atoms with E-state index in [1.807, 2.05) is 30.3 Å². The summed E-state index contributed by atoms with van der Waals surface area (Å²) in [7, 11) is 0. The molecule has 1 aromatic carbocycles. The van der Waals surface area contributed by atoms with Gasteiger partial charge in [0, 0.05) is 24.9 Å². The van der Waals surface area contributed by atoms with Crippen LogP contribution in [0.5, 0.6) is 0 Å². The van der Waals surface area contributed by atoms with Gasteiger partial charge in [-0.2, -0.15) is 0 Å². The first-order chi connectivity index (χ1) is 10.3. The Hall–Kier alpha value is -1.43. The zero-order valence-electron chi connectivity index (χ0n) is 11.6. The molecule has 1 aromatic rings. The van der Waals surface area contributed by atoms with E-state index in [9.17, 15) is 9.90 Å². The van der Waals surface area contributed by atoms with Crippen LogP contribution in [-0.2, 0) is 14.3 Å². The average molecular weight is 289 g/mol. The summed E-state index contributed by atoms with van der Waals surface area (Å²) in [5, 5.41) is 13.0. The number of nitrogens with one attached hydrogen (secondary N) is 1. The lowest BCUT2D eigenvalue weighted by Crippen LogP contribution is -2.47. The Morgan fingerprint density at radius 1 is 1.29 bits per heavy atom. The molecule has 0 aliphatic carbocycles. The first-order valence-corrected chi connectivity index (χ1v) is 7.54. The molecule has 112 valence electrons. The lowest BCUT2D eigenvalue weighted by atomic mass is 9.98. The summed E-state index contributed by atoms with van der Waals surface area (Å²) in [6.45, 7) is -0.227. The maximum Gasteiger partial charge on any atom is 0.316 e. The van der Waals surface area contributed by atoms with Gasteiger partial charge in [0.1, 0.15) is 24.2 Å². The quantitative estimate of drug-likeness (QED) is 0.626. The molecule has 2 bridgehead atoms. The molecule has 3 aliphatic rings. The Labute approximate surface area is 123 Å². The third-order valence-electron chi connectivity index (χ3n) is 4.77. The van der Waals surface area contributed by atoms with Crippen LogP contribution in [0.3, 0.4) is 0 Å². The van der Waals surface area contributed by atoms with Crippen molar-refractivity contribution in [1.82, 2.24) is 5.32 Å². The first-order valence-electron chi connectivity index (χ1n) is 7.54. The number of benzene rings is 1. The summed E-state index contributed by atoms with van der Waals surface area (Å²) in [6.07, 6.45) is 2.18. The van der Waals surface area contributed by atoms with Gasteiger partial charge in [0.25, 0.3) is 0 Å². The summed E-state index contributed by atoms with van der Waals surface area (Å²) >= 11 is 0. The molecule has 3 heterocycles. The van der Waals surface area contributed by atoms with Crippen LogP contribution in [0.25, 0.3) is 0 Å². The monoisotopic (exact) mass is 289 g/mol. The fraction of sp³-hybridized carbons (Fsp3) is 0.562. The fourth-order valence-electron chi connectivity index (χ4n) is 3.66. The molecular formula is C16H19NO4. The Balaban J connectivity index is 1.41. The number of hydrogen-bond donors (Lipinski definition) is 2. The number of carbonyl (C=O) groups is 1. The smallest absolute Gasteiger partial charge is 0.316 e. The van der Waals surface area contributed by atoms with Gasteiger partial charge in [-0.25, -0.2) is 0 Å². The number of ether oxygens (including phenoxy) is 2. The number of rotatable bonds is 4. The van der Waals surface area contributed by atoms with Gasteiger partial charge in [-0.15, -0.1) is 0 Å². The van der Waals surface area contributed by atoms with Crippen LogP contribution in [0.4, 0.5) is 0 Å². The van der Waals surface area contributed by atoms with Crippen molar-refractivity contribution in [2.24, 2.45) is 0 Å². The van der Waals surface area contributed by atoms with Gasteiger partial charge in [0.15, 0.2) is 0 Å². The van der Waals surface area contributed by atoms with Gasteiger partial charge in [-0.3, -0.25) is 4.79 Å². The molecule has 5 heteroatoms. The van der Waals surface area contributed by atoms with E-state index in [0.29, 0.717) is 24.3 Å². The van der Waals surface area contributed by atoms with Crippen molar-refractivity contribution >= 4 is 5.97 Å². The summed E-state index contributed by atoms with van der Waals surface area (Å²) in [5.41, 5.74) is 0.799. The van der Waals surface area contributed by atoms with Crippen molar-refractivity contribution < 1.29 is 19.4 Å². The third-order valence-corrected chi connectivity index (χ3v) is 4.77. The summed E-state index contributed by atoms with van der Waals surface area (Å²) in [4.78, 5) is 12.3. The van der Waals surface area contributed by atoms with Crippen molar-refractivity contribution in [3.8, 4) is 0 Å². The van der Waals surface area contributed by atoms with Crippen molar-refractivity contribution in [3.05, 3.63) is 35.9 Å². The topological polar surface area (TPSA) is 71.1 Å². The van der Waals surface area contributed by atoms with E-state index in [2.05, 4.69) is 5.32 Å². The predicted octanol–water partition coefficient (Wildman–Crippen LogP) is 0.576. The highest BCUT2D eigenvalue weighted by Crippen LogP contribution is 2.42. The van der Waals surface area contributed by atoms with Gasteiger partial charge >= 0.3 is 5.97 Å². The molecular weight excluding hydrogens is 270 g/mol. The van der Waals surface area contributed by atoms with E-state index in [1.165, 1.54) is 0 Å². The Bertz CT molecular complexity index is 518. The van der Waals surface area contributed by atoms with Gasteiger partial charge in [0.2, 0.25) is 0 Å². The SMILES string of the molecule is O=C(OC1C[C@@H]2N[C@H](C1)[C@H]1O[C@H]12)C(CO)c1ccccc1. The highest BCUT2D eigenvalue weighted by molar-refractivity contribution is 5.78. The van der Waals surface area contributed by atoms with Crippen LogP contribution in [-0.4, -0.2) is 48.1 Å². The zero-order valence-corrected chi connectivity index (χ0v) is 11.6. The molecule has 0 saturated carbocycles. The first kappa shape index (κ1) is 13.2. The van der Waals surface area contributed by atoms with E-state index in [1.54, 1.807) is 0 Å². The fourth-order valence-corrected chi connectivity index (χ4v) is 3.66. The molecule has 0 amide bonds. The van der Waals surface area contributed by atoms with Gasteiger partial charge in [-0.05, 0) is 5.56 Å². The molecule has 0 aromatic heterocycles. The molecule has 2 N–H and O–H groups in total. The number of aliphatic hydroxyl groups excluding tert-OH is 1. The van der Waals surface area contributed by atoms with E-state index < -0.39 is 5.92 Å². The van der Waals surface area contributed by atoms with Crippen molar-refractivity contribution in [3.63, 3.8) is 0 Å². The highest BCUT2D eigenvalue weighted by atomic mass is 16.6. The van der Waals surface area contributed by atoms with Crippen molar-refractivity contribution in [2.75, 3.05) is 6.61 Å². The predicted molar refractivity (Wildman–Crippen MR) is 74.8 cm³/mol. The number of morpholine rings is 1. The molecule has 5 nitrogen and oxygen atoms in total. The number of fused-ring (bicyclic) bond motifs is 5. The minimum absolute atomic E-state index is 0.0667. The number of aliphatic hydroxyl groups is 1. The Kier molecular flexibility index (Phi) is 3.21. The van der Waals surface area contributed by atoms with Gasteiger partial charge in [-0.1, -0.05) is 30.3 Å².